The van der Waals surface area contributed by atoms with Crippen LogP contribution in [0.2, 0.25) is 0 Å². The Labute approximate surface area is 151 Å². The number of hydrogen-bond donors (Lipinski definition) is 0. The fourth-order valence-electron chi connectivity index (χ4n) is 3.06. The number of carbonyl (C=O) groups is 1. The summed E-state index contributed by atoms with van der Waals surface area (Å²) < 4.78 is 5.29. The van der Waals surface area contributed by atoms with Crippen molar-refractivity contribution in [1.29, 1.82) is 0 Å². The molecule has 2 aromatic rings. The molecule has 1 unspecified atom stereocenters. The van der Waals surface area contributed by atoms with Gasteiger partial charge in [-0.05, 0) is 37.2 Å². The third-order valence-corrected chi connectivity index (χ3v) is 6.52. The Hall–Kier alpha value is -1.14. The lowest BCUT2D eigenvalue weighted by molar-refractivity contribution is -0.140. The van der Waals surface area contributed by atoms with Crippen LogP contribution in [-0.2, 0) is 22.4 Å². The maximum Gasteiger partial charge on any atom is 0.316 e. The average molecular weight is 365 g/mol. The van der Waals surface area contributed by atoms with Crippen LogP contribution in [0.25, 0.3) is 10.2 Å². The molecular weight excluding hydrogens is 340 g/mol. The van der Waals surface area contributed by atoms with Crippen LogP contribution in [0, 0.1) is 5.92 Å². The van der Waals surface area contributed by atoms with E-state index in [0.29, 0.717) is 12.4 Å². The molecule has 1 aliphatic rings. The van der Waals surface area contributed by atoms with Gasteiger partial charge in [0.25, 0.3) is 0 Å². The SMILES string of the molecule is CCCCCOC(=O)CSc1ncnc2sc3c(c12)CCC(C)C3. The van der Waals surface area contributed by atoms with E-state index >= 15 is 0 Å². The van der Waals surface area contributed by atoms with Gasteiger partial charge in [-0.1, -0.05) is 38.5 Å². The van der Waals surface area contributed by atoms with Crippen LogP contribution in [-0.4, -0.2) is 28.3 Å². The van der Waals surface area contributed by atoms with Crippen LogP contribution >= 0.6 is 23.1 Å². The van der Waals surface area contributed by atoms with Gasteiger partial charge in [-0.15, -0.1) is 11.3 Å². The van der Waals surface area contributed by atoms with Crippen molar-refractivity contribution >= 4 is 39.3 Å². The van der Waals surface area contributed by atoms with Gasteiger partial charge in [0.15, 0.2) is 0 Å². The number of aryl methyl sites for hydroxylation is 1. The number of esters is 1. The summed E-state index contributed by atoms with van der Waals surface area (Å²) in [7, 11) is 0. The molecule has 130 valence electrons. The molecule has 2 heterocycles. The topological polar surface area (TPSA) is 52.1 Å². The Morgan fingerprint density at radius 1 is 1.42 bits per heavy atom. The van der Waals surface area contributed by atoms with E-state index in [0.717, 1.165) is 47.9 Å². The fraction of sp³-hybridized carbons (Fsp3) is 0.611. The highest BCUT2D eigenvalue weighted by Gasteiger charge is 2.23. The monoisotopic (exact) mass is 364 g/mol. The molecule has 0 saturated carbocycles. The summed E-state index contributed by atoms with van der Waals surface area (Å²) in [5, 5.41) is 2.10. The van der Waals surface area contributed by atoms with Crippen molar-refractivity contribution in [3.05, 3.63) is 16.8 Å². The number of thioether (sulfide) groups is 1. The molecule has 0 N–H and O–H groups in total. The van der Waals surface area contributed by atoms with E-state index in [1.165, 1.54) is 34.0 Å². The Balaban J connectivity index is 1.68. The summed E-state index contributed by atoms with van der Waals surface area (Å²) in [6.07, 6.45) is 8.25. The summed E-state index contributed by atoms with van der Waals surface area (Å²) in [5.74, 6) is 0.910. The molecule has 24 heavy (non-hydrogen) atoms. The Kier molecular flexibility index (Phi) is 6.11. The van der Waals surface area contributed by atoms with Crippen molar-refractivity contribution in [3.63, 3.8) is 0 Å². The Bertz CT molecular complexity index is 714. The number of aromatic nitrogens is 2. The molecule has 0 saturated heterocycles. The largest absolute Gasteiger partial charge is 0.465 e. The highest BCUT2D eigenvalue weighted by atomic mass is 32.2. The first-order valence-electron chi connectivity index (χ1n) is 8.72. The van der Waals surface area contributed by atoms with Gasteiger partial charge in [-0.3, -0.25) is 4.79 Å². The zero-order valence-corrected chi connectivity index (χ0v) is 16.0. The molecule has 0 aliphatic heterocycles. The number of carbonyl (C=O) groups excluding carboxylic acids is 1. The van der Waals surface area contributed by atoms with E-state index in [1.807, 2.05) is 0 Å². The van der Waals surface area contributed by atoms with Crippen molar-refractivity contribution in [2.24, 2.45) is 5.92 Å². The van der Waals surface area contributed by atoms with Crippen LogP contribution in [0.15, 0.2) is 11.4 Å². The van der Waals surface area contributed by atoms with Crippen molar-refractivity contribution < 1.29 is 9.53 Å². The summed E-state index contributed by atoms with van der Waals surface area (Å²) in [6.45, 7) is 4.97. The number of fused-ring (bicyclic) bond motifs is 3. The van der Waals surface area contributed by atoms with Crippen LogP contribution in [0.1, 0.15) is 50.0 Å². The van der Waals surface area contributed by atoms with Crippen LogP contribution in [0.3, 0.4) is 0 Å². The summed E-state index contributed by atoms with van der Waals surface area (Å²) in [6, 6.07) is 0. The lowest BCUT2D eigenvalue weighted by Crippen LogP contribution is -2.10. The molecule has 0 radical (unpaired) electrons. The molecular formula is C18H24N2O2S2. The van der Waals surface area contributed by atoms with Crippen molar-refractivity contribution in [2.45, 2.75) is 57.4 Å². The van der Waals surface area contributed by atoms with Crippen molar-refractivity contribution in [3.8, 4) is 0 Å². The second-order valence-electron chi connectivity index (χ2n) is 6.43. The number of nitrogens with zero attached hydrogens (tertiary/aromatic N) is 2. The standard InChI is InChI=1S/C18H24N2O2S2/c1-3-4-5-8-22-15(21)10-23-17-16-13-7-6-12(2)9-14(13)24-18(16)20-11-19-17/h11-12H,3-10H2,1-2H3. The quantitative estimate of drug-likeness (QED) is 0.310. The molecule has 2 aromatic heterocycles. The van der Waals surface area contributed by atoms with Gasteiger partial charge >= 0.3 is 5.97 Å². The van der Waals surface area contributed by atoms with Gasteiger partial charge in [-0.25, -0.2) is 9.97 Å². The van der Waals surface area contributed by atoms with E-state index in [1.54, 1.807) is 17.7 Å². The molecule has 1 aliphatic carbocycles. The second-order valence-corrected chi connectivity index (χ2v) is 8.47. The van der Waals surface area contributed by atoms with Gasteiger partial charge in [0.1, 0.15) is 16.2 Å². The lowest BCUT2D eigenvalue weighted by Gasteiger charge is -2.18. The molecule has 4 nitrogen and oxygen atoms in total. The molecule has 0 fully saturated rings. The van der Waals surface area contributed by atoms with E-state index in [9.17, 15) is 4.79 Å². The van der Waals surface area contributed by atoms with Crippen LogP contribution in [0.5, 0.6) is 0 Å². The lowest BCUT2D eigenvalue weighted by atomic mass is 9.89. The van der Waals surface area contributed by atoms with Gasteiger partial charge in [0.05, 0.1) is 12.4 Å². The van der Waals surface area contributed by atoms with E-state index in [4.69, 9.17) is 4.74 Å². The van der Waals surface area contributed by atoms with E-state index in [2.05, 4.69) is 23.8 Å². The maximum atomic E-state index is 11.9. The Morgan fingerprint density at radius 3 is 3.12 bits per heavy atom. The van der Waals surface area contributed by atoms with E-state index < -0.39 is 0 Å². The molecule has 0 bridgehead atoms. The van der Waals surface area contributed by atoms with E-state index in [-0.39, 0.29) is 5.97 Å². The number of hydrogen-bond acceptors (Lipinski definition) is 6. The fourth-order valence-corrected chi connectivity index (χ4v) is 5.30. The summed E-state index contributed by atoms with van der Waals surface area (Å²) in [4.78, 5) is 23.3. The summed E-state index contributed by atoms with van der Waals surface area (Å²) in [5.41, 5.74) is 1.41. The third-order valence-electron chi connectivity index (χ3n) is 4.39. The molecule has 0 spiro atoms. The predicted octanol–water partition coefficient (Wildman–Crippen LogP) is 4.64. The minimum absolute atomic E-state index is 0.152. The minimum atomic E-state index is -0.152. The number of ether oxygens (including phenoxy) is 1. The summed E-state index contributed by atoms with van der Waals surface area (Å²) >= 11 is 3.27. The van der Waals surface area contributed by atoms with Crippen LogP contribution in [0.4, 0.5) is 0 Å². The maximum absolute atomic E-state index is 11.9. The first kappa shape index (κ1) is 17.7. The van der Waals surface area contributed by atoms with Crippen LogP contribution < -0.4 is 0 Å². The van der Waals surface area contributed by atoms with Gasteiger partial charge in [-0.2, -0.15) is 0 Å². The molecule has 0 aromatic carbocycles. The number of unbranched alkanes of at least 4 members (excludes halogenated alkanes) is 2. The first-order valence-corrected chi connectivity index (χ1v) is 10.5. The Morgan fingerprint density at radius 2 is 2.29 bits per heavy atom. The van der Waals surface area contributed by atoms with Gasteiger partial charge in [0.2, 0.25) is 0 Å². The highest BCUT2D eigenvalue weighted by Crippen LogP contribution is 2.40. The normalized spacial score (nSPS) is 17.0. The minimum Gasteiger partial charge on any atom is -0.465 e. The average Bonchev–Trinajstić information content (AvgIpc) is 2.94. The number of rotatable bonds is 7. The van der Waals surface area contributed by atoms with Crippen molar-refractivity contribution in [1.82, 2.24) is 9.97 Å². The predicted molar refractivity (Wildman–Crippen MR) is 99.8 cm³/mol. The smallest absolute Gasteiger partial charge is 0.316 e. The van der Waals surface area contributed by atoms with Crippen molar-refractivity contribution in [2.75, 3.05) is 12.4 Å². The highest BCUT2D eigenvalue weighted by molar-refractivity contribution is 8.00. The molecule has 0 amide bonds. The number of thiophene rings is 1. The van der Waals surface area contributed by atoms with Gasteiger partial charge < -0.3 is 4.74 Å². The van der Waals surface area contributed by atoms with Gasteiger partial charge in [0, 0.05) is 10.3 Å². The second kappa shape index (κ2) is 8.30. The third kappa shape index (κ3) is 4.09. The first-order chi connectivity index (χ1) is 11.7. The molecule has 1 atom stereocenters. The zero-order valence-electron chi connectivity index (χ0n) is 14.3. The zero-order chi connectivity index (χ0) is 16.9. The molecule has 6 heteroatoms. The molecule has 3 rings (SSSR count).